The van der Waals surface area contributed by atoms with Gasteiger partial charge in [0.05, 0.1) is 17.0 Å². The van der Waals surface area contributed by atoms with Gasteiger partial charge >= 0.3 is 0 Å². The number of nitrogens with zero attached hydrogens (tertiary/aromatic N) is 3. The van der Waals surface area contributed by atoms with E-state index < -0.39 is 0 Å². The summed E-state index contributed by atoms with van der Waals surface area (Å²) in [5.74, 6) is 0.556. The van der Waals surface area contributed by atoms with E-state index in [1.165, 1.54) is 0 Å². The summed E-state index contributed by atoms with van der Waals surface area (Å²) in [5.41, 5.74) is 2.16. The molecular weight excluding hydrogens is 190 g/mol. The lowest BCUT2D eigenvalue weighted by molar-refractivity contribution is 1.14. The lowest BCUT2D eigenvalue weighted by Gasteiger charge is -2.00. The third kappa shape index (κ3) is 1.79. The van der Waals surface area contributed by atoms with Gasteiger partial charge in [-0.1, -0.05) is 0 Å². The van der Waals surface area contributed by atoms with Crippen LogP contribution in [-0.2, 0) is 0 Å². The zero-order valence-electron chi connectivity index (χ0n) is 8.15. The lowest BCUT2D eigenvalue weighted by atomic mass is 10.2. The van der Waals surface area contributed by atoms with Gasteiger partial charge in [-0.2, -0.15) is 5.26 Å². The fraction of sp³-hybridized carbons (Fsp3) is 0.100. The van der Waals surface area contributed by atoms with Crippen LogP contribution in [0.2, 0.25) is 0 Å². The van der Waals surface area contributed by atoms with Gasteiger partial charge in [-0.25, -0.2) is 9.97 Å². The van der Waals surface area contributed by atoms with Gasteiger partial charge in [-0.3, -0.25) is 0 Å². The number of aromatic nitrogens is 3. The molecule has 0 fully saturated rings. The van der Waals surface area contributed by atoms with Crippen LogP contribution in [0.4, 0.5) is 5.95 Å². The second-order valence-electron chi connectivity index (χ2n) is 2.93. The van der Waals surface area contributed by atoms with Crippen LogP contribution in [-0.4, -0.2) is 22.0 Å². The first-order valence-electron chi connectivity index (χ1n) is 4.43. The standard InChI is InChI=1S/C10H9N5/c1-12-10-13-3-2-8(15-10)9-4-7(5-11)6-14-9/h2-4,6,14H,1H3,(H,12,13,15). The van der Waals surface area contributed by atoms with Crippen molar-refractivity contribution < 1.29 is 0 Å². The Morgan fingerprint density at radius 2 is 2.40 bits per heavy atom. The second-order valence-corrected chi connectivity index (χ2v) is 2.93. The highest BCUT2D eigenvalue weighted by atomic mass is 15.1. The number of nitriles is 1. The molecule has 0 aliphatic carbocycles. The van der Waals surface area contributed by atoms with Crippen molar-refractivity contribution in [1.82, 2.24) is 15.0 Å². The zero-order valence-corrected chi connectivity index (χ0v) is 8.15. The predicted octanol–water partition coefficient (Wildman–Crippen LogP) is 1.39. The van der Waals surface area contributed by atoms with Crippen LogP contribution in [0, 0.1) is 11.3 Å². The van der Waals surface area contributed by atoms with E-state index in [1.807, 2.05) is 0 Å². The summed E-state index contributed by atoms with van der Waals surface area (Å²) in [5, 5.41) is 11.5. The zero-order chi connectivity index (χ0) is 10.7. The predicted molar refractivity (Wildman–Crippen MR) is 56.1 cm³/mol. The Labute approximate surface area is 86.8 Å². The number of hydrogen-bond acceptors (Lipinski definition) is 4. The van der Waals surface area contributed by atoms with Crippen LogP contribution >= 0.6 is 0 Å². The monoisotopic (exact) mass is 199 g/mol. The van der Waals surface area contributed by atoms with E-state index in [0.717, 1.165) is 11.4 Å². The molecule has 0 bridgehead atoms. The van der Waals surface area contributed by atoms with Gasteiger partial charge in [0.25, 0.3) is 0 Å². The molecule has 2 aromatic heterocycles. The summed E-state index contributed by atoms with van der Waals surface area (Å²) in [6, 6.07) is 5.59. The van der Waals surface area contributed by atoms with Gasteiger partial charge in [-0.15, -0.1) is 0 Å². The number of nitrogens with one attached hydrogen (secondary N) is 2. The number of aromatic amines is 1. The maximum atomic E-state index is 8.68. The molecule has 0 aliphatic heterocycles. The number of anilines is 1. The molecule has 0 unspecified atom stereocenters. The molecule has 2 rings (SSSR count). The largest absolute Gasteiger partial charge is 0.359 e. The summed E-state index contributed by atoms with van der Waals surface area (Å²) < 4.78 is 0. The normalized spacial score (nSPS) is 9.60. The summed E-state index contributed by atoms with van der Waals surface area (Å²) in [4.78, 5) is 11.2. The first-order chi connectivity index (χ1) is 7.33. The van der Waals surface area contributed by atoms with Crippen LogP contribution in [0.1, 0.15) is 5.56 Å². The van der Waals surface area contributed by atoms with Gasteiger partial charge in [0.2, 0.25) is 5.95 Å². The molecule has 0 amide bonds. The molecule has 0 aromatic carbocycles. The fourth-order valence-electron chi connectivity index (χ4n) is 1.24. The molecule has 5 heteroatoms. The Morgan fingerprint density at radius 3 is 3.07 bits per heavy atom. The first-order valence-corrected chi connectivity index (χ1v) is 4.43. The van der Waals surface area contributed by atoms with Crippen LogP contribution in [0.15, 0.2) is 24.5 Å². The SMILES string of the molecule is CNc1nccc(-c2cc(C#N)c[nH]2)n1. The molecule has 0 saturated heterocycles. The Kier molecular flexibility index (Phi) is 2.33. The van der Waals surface area contributed by atoms with Crippen molar-refractivity contribution in [2.24, 2.45) is 0 Å². The topological polar surface area (TPSA) is 77.4 Å². The van der Waals surface area contributed by atoms with E-state index in [9.17, 15) is 0 Å². The number of hydrogen-bond donors (Lipinski definition) is 2. The average molecular weight is 199 g/mol. The van der Waals surface area contributed by atoms with E-state index in [0.29, 0.717) is 11.5 Å². The quantitative estimate of drug-likeness (QED) is 0.766. The van der Waals surface area contributed by atoms with Crippen molar-refractivity contribution in [3.63, 3.8) is 0 Å². The maximum absolute atomic E-state index is 8.68. The molecule has 74 valence electrons. The summed E-state index contributed by atoms with van der Waals surface area (Å²) >= 11 is 0. The minimum absolute atomic E-state index is 0.556. The minimum atomic E-state index is 0.556. The van der Waals surface area contributed by atoms with Gasteiger partial charge < -0.3 is 10.3 Å². The Hall–Kier alpha value is -2.35. The van der Waals surface area contributed by atoms with E-state index in [4.69, 9.17) is 5.26 Å². The molecule has 2 N–H and O–H groups in total. The minimum Gasteiger partial charge on any atom is -0.359 e. The van der Waals surface area contributed by atoms with E-state index in [-0.39, 0.29) is 0 Å². The summed E-state index contributed by atoms with van der Waals surface area (Å²) in [6.45, 7) is 0. The summed E-state index contributed by atoms with van der Waals surface area (Å²) in [7, 11) is 1.76. The highest BCUT2D eigenvalue weighted by molar-refractivity contribution is 5.58. The number of H-pyrrole nitrogens is 1. The van der Waals surface area contributed by atoms with Crippen molar-refractivity contribution in [3.8, 4) is 17.5 Å². The lowest BCUT2D eigenvalue weighted by Crippen LogP contribution is -1.96. The van der Waals surface area contributed by atoms with Crippen LogP contribution in [0.25, 0.3) is 11.4 Å². The molecule has 0 atom stereocenters. The van der Waals surface area contributed by atoms with Gasteiger partial charge in [-0.05, 0) is 12.1 Å². The van der Waals surface area contributed by atoms with Crippen molar-refractivity contribution in [2.75, 3.05) is 12.4 Å². The van der Waals surface area contributed by atoms with Crippen LogP contribution < -0.4 is 5.32 Å². The maximum Gasteiger partial charge on any atom is 0.222 e. The highest BCUT2D eigenvalue weighted by Crippen LogP contribution is 2.16. The van der Waals surface area contributed by atoms with Crippen molar-refractivity contribution in [1.29, 1.82) is 5.26 Å². The van der Waals surface area contributed by atoms with E-state index >= 15 is 0 Å². The van der Waals surface area contributed by atoms with Gasteiger partial charge in [0, 0.05) is 19.4 Å². The average Bonchev–Trinajstić information content (AvgIpc) is 2.78. The molecular formula is C10H9N5. The third-order valence-corrected chi connectivity index (χ3v) is 1.97. The molecule has 2 aromatic rings. The smallest absolute Gasteiger partial charge is 0.222 e. The van der Waals surface area contributed by atoms with Gasteiger partial charge in [0.1, 0.15) is 6.07 Å². The Bertz CT molecular complexity index is 509. The Morgan fingerprint density at radius 1 is 1.53 bits per heavy atom. The molecule has 0 spiro atoms. The molecule has 0 radical (unpaired) electrons. The van der Waals surface area contributed by atoms with Crippen molar-refractivity contribution in [2.45, 2.75) is 0 Å². The summed E-state index contributed by atoms with van der Waals surface area (Å²) in [6.07, 6.45) is 3.32. The molecule has 15 heavy (non-hydrogen) atoms. The van der Waals surface area contributed by atoms with Crippen LogP contribution in [0.5, 0.6) is 0 Å². The van der Waals surface area contributed by atoms with Crippen molar-refractivity contribution >= 4 is 5.95 Å². The molecule has 0 saturated carbocycles. The highest BCUT2D eigenvalue weighted by Gasteiger charge is 2.03. The molecule has 5 nitrogen and oxygen atoms in total. The van der Waals surface area contributed by atoms with Gasteiger partial charge in [0.15, 0.2) is 0 Å². The third-order valence-electron chi connectivity index (χ3n) is 1.97. The first kappa shape index (κ1) is 9.21. The fourth-order valence-corrected chi connectivity index (χ4v) is 1.24. The van der Waals surface area contributed by atoms with E-state index in [1.54, 1.807) is 31.6 Å². The van der Waals surface area contributed by atoms with Crippen molar-refractivity contribution in [3.05, 3.63) is 30.1 Å². The molecule has 0 aliphatic rings. The molecule has 2 heterocycles. The number of rotatable bonds is 2. The Balaban J connectivity index is 2.41. The second kappa shape index (κ2) is 3.80. The van der Waals surface area contributed by atoms with E-state index in [2.05, 4.69) is 26.3 Å². The van der Waals surface area contributed by atoms with Crippen LogP contribution in [0.3, 0.4) is 0 Å².